The van der Waals surface area contributed by atoms with Crippen molar-refractivity contribution in [2.75, 3.05) is 6.79 Å². The van der Waals surface area contributed by atoms with Gasteiger partial charge in [-0.15, -0.1) is 11.3 Å². The van der Waals surface area contributed by atoms with E-state index in [4.69, 9.17) is 14.7 Å². The van der Waals surface area contributed by atoms with Crippen LogP contribution in [0, 0.1) is 29.6 Å². The predicted molar refractivity (Wildman–Crippen MR) is 104 cm³/mol. The molecule has 0 N–H and O–H groups in total. The second-order valence-electron chi connectivity index (χ2n) is 6.14. The molecule has 7 nitrogen and oxygen atoms in total. The van der Waals surface area contributed by atoms with Gasteiger partial charge < -0.3 is 9.47 Å². The first kappa shape index (κ1) is 17.8. The molecular formula is C20H15N5O2S. The van der Waals surface area contributed by atoms with Crippen molar-refractivity contribution in [2.45, 2.75) is 19.9 Å². The Morgan fingerprint density at radius 1 is 1.32 bits per heavy atom. The molecule has 8 heteroatoms. The summed E-state index contributed by atoms with van der Waals surface area (Å²) in [6.45, 7) is 2.57. The third-order valence-corrected chi connectivity index (χ3v) is 5.15. The number of aromatic nitrogens is 3. The van der Waals surface area contributed by atoms with E-state index in [0.29, 0.717) is 40.7 Å². The van der Waals surface area contributed by atoms with E-state index < -0.39 is 0 Å². The molecule has 3 aromatic rings. The first-order valence-corrected chi connectivity index (χ1v) is 9.44. The standard InChI is InChI=1S/C20H15N5O2S/c1-13-11-28-20(23-13)15(9-22)7-16-10-25(6-2-5-21)24-19(16)14-3-4-17-18(8-14)27-12-26-17/h3-4,7-8,10-11H,2,6,12H2,1H3/b15-7-. The van der Waals surface area contributed by atoms with Crippen molar-refractivity contribution in [1.29, 1.82) is 10.5 Å². The van der Waals surface area contributed by atoms with Crippen LogP contribution in [-0.2, 0) is 6.54 Å². The minimum absolute atomic E-state index is 0.199. The number of nitrogens with zero attached hydrogens (tertiary/aromatic N) is 5. The van der Waals surface area contributed by atoms with Crippen LogP contribution in [0.4, 0.5) is 0 Å². The Morgan fingerprint density at radius 3 is 2.93 bits per heavy atom. The van der Waals surface area contributed by atoms with Crippen LogP contribution in [0.2, 0.25) is 0 Å². The fraction of sp³-hybridized carbons (Fsp3) is 0.200. The Balaban J connectivity index is 1.79. The van der Waals surface area contributed by atoms with Crippen LogP contribution in [0.3, 0.4) is 0 Å². The number of nitriles is 2. The summed E-state index contributed by atoms with van der Waals surface area (Å²) in [6.07, 6.45) is 3.98. The van der Waals surface area contributed by atoms with Gasteiger partial charge in [-0.25, -0.2) is 4.98 Å². The largest absolute Gasteiger partial charge is 0.454 e. The number of fused-ring (bicyclic) bond motifs is 1. The van der Waals surface area contributed by atoms with E-state index in [-0.39, 0.29) is 6.79 Å². The van der Waals surface area contributed by atoms with Crippen LogP contribution in [-0.4, -0.2) is 21.6 Å². The molecule has 0 radical (unpaired) electrons. The average Bonchev–Trinajstić information content (AvgIpc) is 3.43. The molecule has 0 bridgehead atoms. The molecule has 1 aromatic carbocycles. The molecule has 1 aliphatic rings. The minimum atomic E-state index is 0.199. The molecule has 2 aromatic heterocycles. The fourth-order valence-corrected chi connectivity index (χ4v) is 3.63. The zero-order valence-electron chi connectivity index (χ0n) is 15.0. The maximum absolute atomic E-state index is 9.63. The van der Waals surface area contributed by atoms with Crippen molar-refractivity contribution in [3.63, 3.8) is 0 Å². The third kappa shape index (κ3) is 3.46. The van der Waals surface area contributed by atoms with Crippen LogP contribution < -0.4 is 9.47 Å². The van der Waals surface area contributed by atoms with Crippen LogP contribution >= 0.6 is 11.3 Å². The number of thiazole rings is 1. The van der Waals surface area contributed by atoms with Gasteiger partial charge in [0, 0.05) is 28.4 Å². The van der Waals surface area contributed by atoms with E-state index in [1.807, 2.05) is 36.7 Å². The van der Waals surface area contributed by atoms with Crippen molar-refractivity contribution in [1.82, 2.24) is 14.8 Å². The number of ether oxygens (including phenoxy) is 2. The molecule has 0 atom stereocenters. The van der Waals surface area contributed by atoms with Gasteiger partial charge in [0.2, 0.25) is 6.79 Å². The average molecular weight is 389 g/mol. The van der Waals surface area contributed by atoms with E-state index in [1.165, 1.54) is 11.3 Å². The highest BCUT2D eigenvalue weighted by Gasteiger charge is 2.18. The first-order valence-electron chi connectivity index (χ1n) is 8.56. The molecule has 0 fully saturated rings. The summed E-state index contributed by atoms with van der Waals surface area (Å²) in [4.78, 5) is 4.41. The van der Waals surface area contributed by atoms with Gasteiger partial charge in [0.15, 0.2) is 11.5 Å². The molecule has 0 saturated carbocycles. The predicted octanol–water partition coefficient (Wildman–Crippen LogP) is 4.02. The highest BCUT2D eigenvalue weighted by molar-refractivity contribution is 7.11. The van der Waals surface area contributed by atoms with E-state index in [2.05, 4.69) is 22.2 Å². The smallest absolute Gasteiger partial charge is 0.231 e. The lowest BCUT2D eigenvalue weighted by Gasteiger charge is -2.02. The Bertz CT molecular complexity index is 1150. The zero-order valence-corrected chi connectivity index (χ0v) is 15.9. The van der Waals surface area contributed by atoms with Gasteiger partial charge in [-0.05, 0) is 31.2 Å². The molecule has 3 heterocycles. The van der Waals surface area contributed by atoms with Crippen LogP contribution in [0.25, 0.3) is 22.9 Å². The number of benzene rings is 1. The number of rotatable bonds is 5. The summed E-state index contributed by atoms with van der Waals surface area (Å²) in [7, 11) is 0. The number of allylic oxidation sites excluding steroid dienone is 1. The molecule has 0 saturated heterocycles. The van der Waals surface area contributed by atoms with Crippen LogP contribution in [0.1, 0.15) is 22.7 Å². The summed E-state index contributed by atoms with van der Waals surface area (Å²) >= 11 is 1.43. The summed E-state index contributed by atoms with van der Waals surface area (Å²) in [5, 5.41) is 25.7. The van der Waals surface area contributed by atoms with E-state index in [0.717, 1.165) is 16.8 Å². The van der Waals surface area contributed by atoms with E-state index in [9.17, 15) is 5.26 Å². The molecule has 0 amide bonds. The summed E-state index contributed by atoms with van der Waals surface area (Å²) < 4.78 is 12.6. The molecule has 4 rings (SSSR count). The fourth-order valence-electron chi connectivity index (χ4n) is 2.86. The Hall–Kier alpha value is -3.62. The zero-order chi connectivity index (χ0) is 19.5. The van der Waals surface area contributed by atoms with E-state index >= 15 is 0 Å². The third-order valence-electron chi connectivity index (χ3n) is 4.16. The van der Waals surface area contributed by atoms with Crippen molar-refractivity contribution in [3.8, 4) is 34.9 Å². The maximum Gasteiger partial charge on any atom is 0.231 e. The molecular weight excluding hydrogens is 374 g/mol. The highest BCUT2D eigenvalue weighted by atomic mass is 32.1. The first-order chi connectivity index (χ1) is 13.7. The van der Waals surface area contributed by atoms with Gasteiger partial charge in [-0.2, -0.15) is 15.6 Å². The lowest BCUT2D eigenvalue weighted by Crippen LogP contribution is -1.97. The van der Waals surface area contributed by atoms with Crippen molar-refractivity contribution in [3.05, 3.63) is 46.0 Å². The summed E-state index contributed by atoms with van der Waals surface area (Å²) in [6, 6.07) is 9.97. The van der Waals surface area contributed by atoms with Crippen molar-refractivity contribution < 1.29 is 9.47 Å². The van der Waals surface area contributed by atoms with Crippen molar-refractivity contribution in [2.24, 2.45) is 0 Å². The number of aryl methyl sites for hydroxylation is 2. The highest BCUT2D eigenvalue weighted by Crippen LogP contribution is 2.37. The quantitative estimate of drug-likeness (QED) is 0.611. The molecule has 138 valence electrons. The van der Waals surface area contributed by atoms with Gasteiger partial charge in [0.1, 0.15) is 11.1 Å². The summed E-state index contributed by atoms with van der Waals surface area (Å²) in [5.74, 6) is 1.36. The van der Waals surface area contributed by atoms with E-state index in [1.54, 1.807) is 10.8 Å². The van der Waals surface area contributed by atoms with Crippen LogP contribution in [0.15, 0.2) is 29.8 Å². The molecule has 0 aliphatic carbocycles. The molecule has 0 spiro atoms. The molecule has 0 unspecified atom stereocenters. The second-order valence-corrected chi connectivity index (χ2v) is 6.99. The summed E-state index contributed by atoms with van der Waals surface area (Å²) in [5.41, 5.74) is 3.68. The van der Waals surface area contributed by atoms with Gasteiger partial charge in [-0.1, -0.05) is 0 Å². The lowest BCUT2D eigenvalue weighted by molar-refractivity contribution is 0.174. The van der Waals surface area contributed by atoms with Crippen LogP contribution in [0.5, 0.6) is 11.5 Å². The molecule has 1 aliphatic heterocycles. The maximum atomic E-state index is 9.63. The Morgan fingerprint density at radius 2 is 2.18 bits per heavy atom. The SMILES string of the molecule is Cc1csc(/C(C#N)=C\c2cn(CCC#N)nc2-c2ccc3c(c2)OCO3)n1. The lowest BCUT2D eigenvalue weighted by atomic mass is 10.1. The monoisotopic (exact) mass is 389 g/mol. The minimum Gasteiger partial charge on any atom is -0.454 e. The Kier molecular flexibility index (Phi) is 4.79. The topological polar surface area (TPSA) is 96.8 Å². The normalized spacial score (nSPS) is 12.6. The number of hydrogen-bond donors (Lipinski definition) is 0. The van der Waals surface area contributed by atoms with Gasteiger partial charge in [-0.3, -0.25) is 4.68 Å². The molecule has 28 heavy (non-hydrogen) atoms. The van der Waals surface area contributed by atoms with Crippen molar-refractivity contribution >= 4 is 23.0 Å². The van der Waals surface area contributed by atoms with Gasteiger partial charge in [0.25, 0.3) is 0 Å². The second kappa shape index (κ2) is 7.55. The number of hydrogen-bond acceptors (Lipinski definition) is 7. The van der Waals surface area contributed by atoms with Gasteiger partial charge in [0.05, 0.1) is 30.3 Å². The Labute approximate surface area is 165 Å². The van der Waals surface area contributed by atoms with Gasteiger partial charge >= 0.3 is 0 Å².